The maximum absolute atomic E-state index is 12.9. The Balaban J connectivity index is 1.56. The van der Waals surface area contributed by atoms with E-state index in [9.17, 15) is 22.8 Å². The molecule has 1 aliphatic rings. The first-order valence-corrected chi connectivity index (χ1v) is 13.7. The predicted molar refractivity (Wildman–Crippen MR) is 145 cm³/mol. The van der Waals surface area contributed by atoms with Crippen LogP contribution in [-0.4, -0.2) is 37.5 Å². The number of carbonyl (C=O) groups excluding carboxylic acids is 3. The molecule has 0 radical (unpaired) electrons. The summed E-state index contributed by atoms with van der Waals surface area (Å²) in [5, 5.41) is 2.68. The van der Waals surface area contributed by atoms with Crippen LogP contribution in [0.2, 0.25) is 5.02 Å². The number of amides is 3. The normalized spacial score (nSPS) is 14.6. The summed E-state index contributed by atoms with van der Waals surface area (Å²) < 4.78 is 36.4. The van der Waals surface area contributed by atoms with Gasteiger partial charge in [0, 0.05) is 17.6 Å². The first kappa shape index (κ1) is 27.2. The van der Waals surface area contributed by atoms with E-state index in [2.05, 4.69) is 5.32 Å². The Morgan fingerprint density at radius 3 is 2.34 bits per heavy atom. The van der Waals surface area contributed by atoms with E-state index in [1.165, 1.54) is 56.5 Å². The molecule has 0 bridgehead atoms. The van der Waals surface area contributed by atoms with Crippen LogP contribution in [0.5, 0.6) is 11.5 Å². The van der Waals surface area contributed by atoms with Crippen LogP contribution in [0.15, 0.2) is 76.5 Å². The SMILES string of the molecule is COc1ccc(/C=C2\SC(=O)N(Cc3ccc(Cl)cc3)C2=O)cc1OS(=O)(=O)c1ccc(NC(C)=O)cc1. The van der Waals surface area contributed by atoms with Crippen molar-refractivity contribution >= 4 is 62.3 Å². The third kappa shape index (κ3) is 6.36. The summed E-state index contributed by atoms with van der Waals surface area (Å²) in [7, 11) is -2.90. The summed E-state index contributed by atoms with van der Waals surface area (Å²) in [6.45, 7) is 1.43. The smallest absolute Gasteiger partial charge is 0.339 e. The third-order valence-electron chi connectivity index (χ3n) is 5.28. The minimum atomic E-state index is -4.26. The second kappa shape index (κ2) is 11.3. The van der Waals surface area contributed by atoms with Crippen molar-refractivity contribution in [3.63, 3.8) is 0 Å². The largest absolute Gasteiger partial charge is 0.493 e. The van der Waals surface area contributed by atoms with Crippen LogP contribution in [0, 0.1) is 0 Å². The van der Waals surface area contributed by atoms with Gasteiger partial charge in [0.1, 0.15) is 4.90 Å². The highest BCUT2D eigenvalue weighted by Gasteiger charge is 2.35. The maximum Gasteiger partial charge on any atom is 0.339 e. The summed E-state index contributed by atoms with van der Waals surface area (Å²) in [5.74, 6) is -0.717. The molecule has 1 N–H and O–H groups in total. The van der Waals surface area contributed by atoms with Gasteiger partial charge in [-0.1, -0.05) is 29.8 Å². The minimum Gasteiger partial charge on any atom is -0.493 e. The van der Waals surface area contributed by atoms with Gasteiger partial charge in [-0.2, -0.15) is 8.42 Å². The van der Waals surface area contributed by atoms with E-state index in [4.69, 9.17) is 20.5 Å². The molecule has 0 atom stereocenters. The van der Waals surface area contributed by atoms with Gasteiger partial charge in [-0.25, -0.2) is 0 Å². The molecule has 196 valence electrons. The molecule has 9 nitrogen and oxygen atoms in total. The van der Waals surface area contributed by atoms with Gasteiger partial charge in [0.05, 0.1) is 18.6 Å². The molecule has 0 aliphatic carbocycles. The van der Waals surface area contributed by atoms with Crippen molar-refractivity contribution in [1.82, 2.24) is 4.90 Å². The van der Waals surface area contributed by atoms with E-state index >= 15 is 0 Å². The first-order chi connectivity index (χ1) is 18.1. The second-order valence-corrected chi connectivity index (χ2v) is 11.0. The van der Waals surface area contributed by atoms with Gasteiger partial charge in [0.15, 0.2) is 11.5 Å². The van der Waals surface area contributed by atoms with Crippen molar-refractivity contribution in [2.45, 2.75) is 18.4 Å². The van der Waals surface area contributed by atoms with Gasteiger partial charge in [-0.3, -0.25) is 19.3 Å². The molecule has 0 saturated carbocycles. The molecule has 3 aromatic rings. The van der Waals surface area contributed by atoms with Gasteiger partial charge in [0.25, 0.3) is 11.1 Å². The van der Waals surface area contributed by atoms with Crippen LogP contribution in [0.1, 0.15) is 18.1 Å². The van der Waals surface area contributed by atoms with E-state index in [1.807, 2.05) is 0 Å². The molecule has 1 aliphatic heterocycles. The monoisotopic (exact) mass is 572 g/mol. The number of nitrogens with one attached hydrogen (secondary N) is 1. The summed E-state index contributed by atoms with van der Waals surface area (Å²) in [6, 6.07) is 16.8. The summed E-state index contributed by atoms with van der Waals surface area (Å²) >= 11 is 6.68. The van der Waals surface area contributed by atoms with Crippen molar-refractivity contribution in [3.05, 3.63) is 87.8 Å². The highest BCUT2D eigenvalue weighted by atomic mass is 35.5. The van der Waals surface area contributed by atoms with Gasteiger partial charge < -0.3 is 14.2 Å². The molecule has 3 aromatic carbocycles. The molecular formula is C26H21ClN2O7S2. The molecule has 3 amide bonds. The Kier molecular flexibility index (Phi) is 8.10. The summed E-state index contributed by atoms with van der Waals surface area (Å²) in [4.78, 5) is 37.8. The zero-order valence-corrected chi connectivity index (χ0v) is 22.5. The van der Waals surface area contributed by atoms with Crippen molar-refractivity contribution in [3.8, 4) is 11.5 Å². The lowest BCUT2D eigenvalue weighted by atomic mass is 10.1. The van der Waals surface area contributed by atoms with Crippen LogP contribution in [-0.2, 0) is 26.3 Å². The average molecular weight is 573 g/mol. The molecule has 1 fully saturated rings. The number of imide groups is 1. The van der Waals surface area contributed by atoms with Gasteiger partial charge >= 0.3 is 10.1 Å². The average Bonchev–Trinajstić information content (AvgIpc) is 3.12. The second-order valence-electron chi connectivity index (χ2n) is 8.05. The predicted octanol–water partition coefficient (Wildman–Crippen LogP) is 5.31. The number of carbonyl (C=O) groups is 3. The Morgan fingerprint density at radius 2 is 1.71 bits per heavy atom. The van der Waals surface area contributed by atoms with E-state index in [0.717, 1.165) is 22.2 Å². The van der Waals surface area contributed by atoms with Gasteiger partial charge in [-0.05, 0) is 77.5 Å². The maximum atomic E-state index is 12.9. The van der Waals surface area contributed by atoms with Crippen molar-refractivity contribution in [2.75, 3.05) is 12.4 Å². The van der Waals surface area contributed by atoms with Crippen LogP contribution >= 0.6 is 23.4 Å². The number of thioether (sulfide) groups is 1. The number of anilines is 1. The Bertz CT molecular complexity index is 1540. The number of ether oxygens (including phenoxy) is 1. The Morgan fingerprint density at radius 1 is 1.03 bits per heavy atom. The number of benzene rings is 3. The summed E-state index contributed by atoms with van der Waals surface area (Å²) in [6.07, 6.45) is 1.48. The molecule has 1 saturated heterocycles. The molecule has 0 spiro atoms. The van der Waals surface area contributed by atoms with Gasteiger partial charge in [0.2, 0.25) is 5.91 Å². The quantitative estimate of drug-likeness (QED) is 0.285. The zero-order chi connectivity index (χ0) is 27.4. The fourth-order valence-electron chi connectivity index (χ4n) is 3.48. The molecule has 0 aromatic heterocycles. The topological polar surface area (TPSA) is 119 Å². The molecule has 12 heteroatoms. The number of hydrogen-bond acceptors (Lipinski definition) is 8. The number of rotatable bonds is 8. The molecule has 0 unspecified atom stereocenters. The lowest BCUT2D eigenvalue weighted by molar-refractivity contribution is -0.123. The Hall–Kier alpha value is -3.80. The van der Waals surface area contributed by atoms with E-state index in [0.29, 0.717) is 16.3 Å². The van der Waals surface area contributed by atoms with Crippen molar-refractivity contribution in [2.24, 2.45) is 0 Å². The fraction of sp³-hybridized carbons (Fsp3) is 0.115. The summed E-state index contributed by atoms with van der Waals surface area (Å²) in [5.41, 5.74) is 1.60. The molecule has 38 heavy (non-hydrogen) atoms. The van der Waals surface area contributed by atoms with Crippen LogP contribution in [0.3, 0.4) is 0 Å². The van der Waals surface area contributed by atoms with Gasteiger partial charge in [-0.15, -0.1) is 0 Å². The number of nitrogens with zero attached hydrogens (tertiary/aromatic N) is 1. The molecule has 4 rings (SSSR count). The van der Waals surface area contributed by atoms with E-state index in [1.54, 1.807) is 30.3 Å². The highest BCUT2D eigenvalue weighted by molar-refractivity contribution is 8.18. The Labute approximate surface area is 228 Å². The highest BCUT2D eigenvalue weighted by Crippen LogP contribution is 2.36. The van der Waals surface area contributed by atoms with Crippen LogP contribution in [0.4, 0.5) is 10.5 Å². The van der Waals surface area contributed by atoms with E-state index < -0.39 is 21.3 Å². The lowest BCUT2D eigenvalue weighted by Crippen LogP contribution is -2.27. The number of halogens is 1. The van der Waals surface area contributed by atoms with E-state index in [-0.39, 0.29) is 33.8 Å². The molecular weight excluding hydrogens is 552 g/mol. The van der Waals surface area contributed by atoms with Crippen LogP contribution in [0.25, 0.3) is 6.08 Å². The van der Waals surface area contributed by atoms with Crippen molar-refractivity contribution in [1.29, 1.82) is 0 Å². The van der Waals surface area contributed by atoms with Crippen LogP contribution < -0.4 is 14.2 Å². The van der Waals surface area contributed by atoms with Crippen molar-refractivity contribution < 1.29 is 31.7 Å². The molecule has 1 heterocycles. The zero-order valence-electron chi connectivity index (χ0n) is 20.1. The standard InChI is InChI=1S/C26H21ClN2O7S2/c1-16(30)28-20-8-10-21(11-9-20)38(33,34)36-23-13-18(5-12-22(23)35-2)14-24-25(31)29(26(32)37-24)15-17-3-6-19(27)7-4-17/h3-14H,15H2,1-2H3,(H,28,30)/b24-14-. The third-order valence-corrected chi connectivity index (χ3v) is 7.68. The lowest BCUT2D eigenvalue weighted by Gasteiger charge is -2.13. The number of methoxy groups -OCH3 is 1. The number of hydrogen-bond donors (Lipinski definition) is 1. The first-order valence-electron chi connectivity index (χ1n) is 11.1. The minimum absolute atomic E-state index is 0.0924. The fourth-order valence-corrected chi connectivity index (χ4v) is 5.38.